The molecule has 1 aliphatic rings. The number of carbonyl (C=O) groups is 1. The Morgan fingerprint density at radius 3 is 2.48 bits per heavy atom. The average molecular weight is 436 g/mol. The van der Waals surface area contributed by atoms with Gasteiger partial charge < -0.3 is 4.90 Å². The van der Waals surface area contributed by atoms with Crippen LogP contribution in [0.25, 0.3) is 0 Å². The lowest BCUT2D eigenvalue weighted by Gasteiger charge is -2.20. The number of hydrogen-bond acceptors (Lipinski definition) is 4. The molecule has 0 spiro atoms. The first-order valence-electron chi connectivity index (χ1n) is 9.75. The molecular formula is C22H26FNO3S2. The summed E-state index contributed by atoms with van der Waals surface area (Å²) in [5, 5.41) is -0.429. The van der Waals surface area contributed by atoms with Gasteiger partial charge in [-0.05, 0) is 44.0 Å². The summed E-state index contributed by atoms with van der Waals surface area (Å²) in [4.78, 5) is 14.9. The number of benzene rings is 2. The molecule has 1 saturated heterocycles. The van der Waals surface area contributed by atoms with E-state index in [2.05, 4.69) is 0 Å². The van der Waals surface area contributed by atoms with Crippen LogP contribution in [0.5, 0.6) is 0 Å². The largest absolute Gasteiger partial charge is 0.342 e. The van der Waals surface area contributed by atoms with Crippen molar-refractivity contribution in [3.63, 3.8) is 0 Å². The molecule has 0 saturated carbocycles. The molecule has 1 atom stereocenters. The fourth-order valence-corrected chi connectivity index (χ4v) is 5.67. The highest BCUT2D eigenvalue weighted by atomic mass is 32.2. The predicted octanol–water partition coefficient (Wildman–Crippen LogP) is 4.26. The summed E-state index contributed by atoms with van der Waals surface area (Å²) in [6, 6.07) is 13.4. The molecule has 0 radical (unpaired) electrons. The molecule has 1 aliphatic heterocycles. The van der Waals surface area contributed by atoms with Gasteiger partial charge in [0.2, 0.25) is 5.91 Å². The average Bonchev–Trinajstić information content (AvgIpc) is 2.95. The molecule has 29 heavy (non-hydrogen) atoms. The Morgan fingerprint density at radius 2 is 1.83 bits per heavy atom. The molecule has 4 nitrogen and oxygen atoms in total. The predicted molar refractivity (Wildman–Crippen MR) is 115 cm³/mol. The Bertz CT molecular complexity index is 958. The van der Waals surface area contributed by atoms with Gasteiger partial charge in [-0.15, -0.1) is 0 Å². The maximum atomic E-state index is 14.1. The molecule has 1 fully saturated rings. The lowest BCUT2D eigenvalue weighted by molar-refractivity contribution is -0.130. The summed E-state index contributed by atoms with van der Waals surface area (Å²) >= 11 is 1.69. The van der Waals surface area contributed by atoms with Crippen LogP contribution in [-0.4, -0.2) is 43.3 Å². The third-order valence-corrected chi connectivity index (χ3v) is 8.65. The fraction of sp³-hybridized carbons (Fsp3) is 0.409. The number of sulfone groups is 1. The van der Waals surface area contributed by atoms with Gasteiger partial charge in [-0.2, -0.15) is 11.8 Å². The molecule has 1 amide bonds. The molecule has 0 aliphatic carbocycles. The lowest BCUT2D eigenvalue weighted by atomic mass is 10.1. The van der Waals surface area contributed by atoms with Gasteiger partial charge in [0.25, 0.3) is 0 Å². The van der Waals surface area contributed by atoms with Crippen LogP contribution < -0.4 is 0 Å². The summed E-state index contributed by atoms with van der Waals surface area (Å²) in [6.45, 7) is 4.52. The number of amides is 1. The minimum atomic E-state index is -3.31. The highest BCUT2D eigenvalue weighted by molar-refractivity contribution is 7.99. The van der Waals surface area contributed by atoms with Gasteiger partial charge in [0, 0.05) is 29.7 Å². The second-order valence-corrected chi connectivity index (χ2v) is 11.3. The van der Waals surface area contributed by atoms with Crippen LogP contribution >= 0.6 is 11.8 Å². The maximum absolute atomic E-state index is 14.1. The highest BCUT2D eigenvalue weighted by Crippen LogP contribution is 2.35. The Morgan fingerprint density at radius 1 is 1.14 bits per heavy atom. The fourth-order valence-electron chi connectivity index (χ4n) is 3.36. The van der Waals surface area contributed by atoms with Crippen LogP contribution in [0.3, 0.4) is 0 Å². The van der Waals surface area contributed by atoms with E-state index in [1.807, 2.05) is 17.0 Å². The van der Waals surface area contributed by atoms with E-state index in [9.17, 15) is 17.6 Å². The number of hydrogen-bond donors (Lipinski definition) is 0. The first kappa shape index (κ1) is 21.8. The zero-order valence-electron chi connectivity index (χ0n) is 16.7. The minimum absolute atomic E-state index is 0.0132. The van der Waals surface area contributed by atoms with Crippen molar-refractivity contribution in [3.05, 3.63) is 65.5 Å². The van der Waals surface area contributed by atoms with Crippen molar-refractivity contribution >= 4 is 27.5 Å². The second kappa shape index (κ2) is 9.30. The monoisotopic (exact) mass is 435 g/mol. The van der Waals surface area contributed by atoms with E-state index >= 15 is 0 Å². The van der Waals surface area contributed by atoms with Crippen LogP contribution in [-0.2, 0) is 21.1 Å². The molecule has 7 heteroatoms. The third-order valence-electron chi connectivity index (χ3n) is 5.17. The number of carbonyl (C=O) groups excluding carboxylic acids is 1. The second-order valence-electron chi connectivity index (χ2n) is 7.46. The van der Waals surface area contributed by atoms with Crippen molar-refractivity contribution in [3.8, 4) is 0 Å². The van der Waals surface area contributed by atoms with Crippen molar-refractivity contribution in [1.29, 1.82) is 0 Å². The molecule has 156 valence electrons. The molecule has 0 bridgehead atoms. The molecule has 0 unspecified atom stereocenters. The Kier molecular flexibility index (Phi) is 7.01. The summed E-state index contributed by atoms with van der Waals surface area (Å²) in [5.74, 6) is 0.580. The van der Waals surface area contributed by atoms with Gasteiger partial charge in [0.1, 0.15) is 5.82 Å². The van der Waals surface area contributed by atoms with E-state index in [1.54, 1.807) is 55.9 Å². The van der Waals surface area contributed by atoms with Gasteiger partial charge >= 0.3 is 0 Å². The quantitative estimate of drug-likeness (QED) is 0.704. The summed E-state index contributed by atoms with van der Waals surface area (Å²) in [7, 11) is -3.31. The van der Waals surface area contributed by atoms with Gasteiger partial charge in [0.15, 0.2) is 9.84 Å². The topological polar surface area (TPSA) is 54.5 Å². The number of rotatable bonds is 5. The van der Waals surface area contributed by atoms with E-state index in [0.29, 0.717) is 25.1 Å². The number of nitrogens with zero attached hydrogens (tertiary/aromatic N) is 1. The summed E-state index contributed by atoms with van der Waals surface area (Å²) < 4.78 is 38.5. The Hall–Kier alpha value is -1.86. The minimum Gasteiger partial charge on any atom is -0.342 e. The molecular weight excluding hydrogens is 409 g/mol. The van der Waals surface area contributed by atoms with Crippen molar-refractivity contribution in [2.45, 2.75) is 42.1 Å². The molecule has 2 aromatic carbocycles. The summed E-state index contributed by atoms with van der Waals surface area (Å²) in [6.07, 6.45) is 0.944. The van der Waals surface area contributed by atoms with Gasteiger partial charge in [-0.1, -0.05) is 30.3 Å². The van der Waals surface area contributed by atoms with Crippen molar-refractivity contribution < 1.29 is 17.6 Å². The molecule has 0 N–H and O–H groups in total. The number of thioether (sulfide) groups is 1. The van der Waals surface area contributed by atoms with Crippen molar-refractivity contribution in [1.82, 2.24) is 4.90 Å². The van der Waals surface area contributed by atoms with Crippen LogP contribution in [0.2, 0.25) is 0 Å². The van der Waals surface area contributed by atoms with E-state index in [4.69, 9.17) is 0 Å². The van der Waals surface area contributed by atoms with E-state index in [1.165, 1.54) is 6.07 Å². The molecule has 1 heterocycles. The van der Waals surface area contributed by atoms with E-state index in [-0.39, 0.29) is 28.3 Å². The number of halogens is 1. The van der Waals surface area contributed by atoms with E-state index < -0.39 is 15.1 Å². The van der Waals surface area contributed by atoms with Gasteiger partial charge in [-0.3, -0.25) is 4.79 Å². The van der Waals surface area contributed by atoms with Gasteiger partial charge in [-0.25, -0.2) is 12.8 Å². The zero-order chi connectivity index (χ0) is 21.0. The Balaban J connectivity index is 1.62. The van der Waals surface area contributed by atoms with Gasteiger partial charge in [0.05, 0.1) is 16.6 Å². The highest BCUT2D eigenvalue weighted by Gasteiger charge is 2.24. The van der Waals surface area contributed by atoms with Crippen LogP contribution in [0.15, 0.2) is 53.4 Å². The van der Waals surface area contributed by atoms with Crippen LogP contribution in [0, 0.1) is 5.82 Å². The smallest absolute Gasteiger partial charge is 0.227 e. The first-order chi connectivity index (χ1) is 13.8. The zero-order valence-corrected chi connectivity index (χ0v) is 18.3. The first-order valence-corrected chi connectivity index (χ1v) is 12.3. The normalized spacial score (nSPS) is 17.9. The maximum Gasteiger partial charge on any atom is 0.227 e. The van der Waals surface area contributed by atoms with E-state index in [0.717, 1.165) is 11.3 Å². The molecule has 3 rings (SSSR count). The molecule has 0 aromatic heterocycles. The van der Waals surface area contributed by atoms with Crippen LogP contribution in [0.4, 0.5) is 4.39 Å². The lowest BCUT2D eigenvalue weighted by Crippen LogP contribution is -2.34. The SMILES string of the molecule is CC(C)S(=O)(=O)c1ccc(CC(=O)N2CCS[C@H](c3ccccc3F)CC2)cc1. The molecule has 2 aromatic rings. The van der Waals surface area contributed by atoms with Crippen molar-refractivity contribution in [2.75, 3.05) is 18.8 Å². The van der Waals surface area contributed by atoms with Crippen LogP contribution in [0.1, 0.15) is 36.6 Å². The third kappa shape index (κ3) is 5.20. The summed E-state index contributed by atoms with van der Waals surface area (Å²) in [5.41, 5.74) is 1.49. The van der Waals surface area contributed by atoms with Crippen molar-refractivity contribution in [2.24, 2.45) is 0 Å². The Labute approximate surface area is 176 Å². The standard InChI is InChI=1S/C22H26FNO3S2/c1-16(2)29(26,27)18-9-7-17(8-10-18)15-22(25)24-12-11-21(28-14-13-24)19-5-3-4-6-20(19)23/h3-10,16,21H,11-15H2,1-2H3/t21-/m0/s1.